The molecule has 0 saturated carbocycles. The Hall–Kier alpha value is -2.37. The maximum Gasteiger partial charge on any atom is 0.312 e. The molecule has 31 heavy (non-hydrogen) atoms. The lowest BCUT2D eigenvalue weighted by atomic mass is 10.1. The van der Waals surface area contributed by atoms with Gasteiger partial charge in [-0.25, -0.2) is 25.6 Å². The fraction of sp³-hybridized carbons (Fsp3) is 0.200. The summed E-state index contributed by atoms with van der Waals surface area (Å²) in [5.74, 6) is -11.8. The van der Waals surface area contributed by atoms with Crippen LogP contribution >= 0.6 is 10.3 Å². The second-order valence-corrected chi connectivity index (χ2v) is 11.7. The van der Waals surface area contributed by atoms with E-state index < -0.39 is 54.4 Å². The van der Waals surface area contributed by atoms with Crippen molar-refractivity contribution in [2.75, 3.05) is 11.5 Å². The van der Waals surface area contributed by atoms with E-state index in [-0.39, 0.29) is 17.3 Å². The third kappa shape index (κ3) is 3.44. The Bertz CT molecular complexity index is 1280. The lowest BCUT2D eigenvalue weighted by molar-refractivity contribution is 0.354. The fourth-order valence-electron chi connectivity index (χ4n) is 3.69. The third-order valence-electron chi connectivity index (χ3n) is 5.10. The molecule has 0 atom stereocenters. The van der Waals surface area contributed by atoms with E-state index in [0.717, 1.165) is 0 Å². The monoisotopic (exact) mass is 478 g/mol. The number of hydrogen-bond acceptors (Lipinski definition) is 4. The summed E-state index contributed by atoms with van der Waals surface area (Å²) in [4.78, 5) is -1.60. The third-order valence-corrected chi connectivity index (χ3v) is 10.8. The molecule has 1 aliphatic heterocycles. The van der Waals surface area contributed by atoms with Crippen molar-refractivity contribution in [2.24, 2.45) is 0 Å². The Morgan fingerprint density at radius 2 is 1.29 bits per heavy atom. The van der Waals surface area contributed by atoms with E-state index in [9.17, 15) is 35.5 Å². The normalized spacial score (nSPS) is 17.2. The van der Waals surface area contributed by atoms with Crippen LogP contribution in [0.15, 0.2) is 46.2 Å². The average molecular weight is 478 g/mol. The summed E-state index contributed by atoms with van der Waals surface area (Å²) in [6, 6.07) is 9.37. The predicted molar refractivity (Wildman–Crippen MR) is 105 cm³/mol. The molecule has 4 rings (SSSR count). The van der Waals surface area contributed by atoms with Crippen molar-refractivity contribution in [1.82, 2.24) is 0 Å². The van der Waals surface area contributed by atoms with E-state index >= 15 is 0 Å². The first kappa shape index (κ1) is 21.8. The molecule has 11 heteroatoms. The van der Waals surface area contributed by atoms with Crippen LogP contribution in [-0.2, 0) is 13.7 Å². The summed E-state index contributed by atoms with van der Waals surface area (Å²) in [5, 5.41) is 11.0. The van der Waals surface area contributed by atoms with Crippen molar-refractivity contribution < 1.29 is 39.1 Å². The summed E-state index contributed by atoms with van der Waals surface area (Å²) in [6.07, 6.45) is 1.08. The highest BCUT2D eigenvalue weighted by molar-refractivity contribution is 8.33. The lowest BCUT2D eigenvalue weighted by Gasteiger charge is -2.35. The van der Waals surface area contributed by atoms with E-state index in [1.54, 1.807) is 24.3 Å². The first-order chi connectivity index (χ1) is 14.6. The zero-order valence-electron chi connectivity index (χ0n) is 15.7. The van der Waals surface area contributed by atoms with Crippen LogP contribution in [0, 0.1) is 29.1 Å². The van der Waals surface area contributed by atoms with Crippen molar-refractivity contribution in [3.8, 4) is 5.75 Å². The van der Waals surface area contributed by atoms with Gasteiger partial charge in [0.2, 0.25) is 5.82 Å². The summed E-state index contributed by atoms with van der Waals surface area (Å²) in [5.41, 5.74) is 0. The van der Waals surface area contributed by atoms with Gasteiger partial charge in [0.15, 0.2) is 28.2 Å². The van der Waals surface area contributed by atoms with E-state index in [1.165, 1.54) is 12.1 Å². The highest BCUT2D eigenvalue weighted by Gasteiger charge is 2.42. The molecule has 3 aromatic carbocycles. The summed E-state index contributed by atoms with van der Waals surface area (Å²) in [7, 11) is -8.10. The van der Waals surface area contributed by atoms with E-state index in [4.69, 9.17) is 3.63 Å². The number of rotatable bonds is 4. The van der Waals surface area contributed by atoms with Crippen molar-refractivity contribution in [3.63, 3.8) is 0 Å². The minimum Gasteiger partial charge on any atom is -0.507 e. The molecule has 0 aliphatic carbocycles. The number of halogens is 5. The van der Waals surface area contributed by atoms with E-state index in [0.29, 0.717) is 28.5 Å². The maximum atomic E-state index is 14.2. The minimum atomic E-state index is -5.37. The number of benzene rings is 3. The van der Waals surface area contributed by atoms with Crippen LogP contribution in [0.2, 0.25) is 0 Å². The Balaban J connectivity index is 1.91. The molecule has 3 aromatic rings. The standard InChI is InChI=1S/C20H15F5O4S2/c21-15-16(22)18(24)20(19(25)17(15)23)31(27,28)29-30(9-3-4-10-30)14-8-7-13(26)11-5-1-2-6-12(11)14/h1-2,5-8,26H,3-4,9-10H2. The summed E-state index contributed by atoms with van der Waals surface area (Å²) >= 11 is 0. The lowest BCUT2D eigenvalue weighted by Crippen LogP contribution is -2.19. The number of phenolic OH excluding ortho intramolecular Hbond substituents is 1. The van der Waals surface area contributed by atoms with Crippen molar-refractivity contribution in [1.29, 1.82) is 0 Å². The Labute approximate surface area is 175 Å². The zero-order valence-corrected chi connectivity index (χ0v) is 17.3. The van der Waals surface area contributed by atoms with Crippen molar-refractivity contribution >= 4 is 31.2 Å². The van der Waals surface area contributed by atoms with Gasteiger partial charge in [-0.15, -0.1) is 0 Å². The number of hydrogen-bond donors (Lipinski definition) is 1. The first-order valence-electron chi connectivity index (χ1n) is 9.06. The quantitative estimate of drug-likeness (QED) is 0.305. The molecule has 1 N–H and O–H groups in total. The molecule has 0 unspecified atom stereocenters. The molecule has 0 aromatic heterocycles. The van der Waals surface area contributed by atoms with E-state index in [2.05, 4.69) is 0 Å². The maximum absolute atomic E-state index is 14.2. The highest BCUT2D eigenvalue weighted by Crippen LogP contribution is 2.65. The van der Waals surface area contributed by atoms with Gasteiger partial charge in [-0.05, 0) is 30.4 Å². The molecule has 1 aliphatic rings. The number of aromatic hydroxyl groups is 1. The van der Waals surface area contributed by atoms with Crippen molar-refractivity contribution in [2.45, 2.75) is 22.6 Å². The topological polar surface area (TPSA) is 63.6 Å². The van der Waals surface area contributed by atoms with Gasteiger partial charge in [-0.3, -0.25) is 0 Å². The molecule has 0 radical (unpaired) electrons. The molecule has 1 fully saturated rings. The van der Waals surface area contributed by atoms with Crippen LogP contribution in [-0.4, -0.2) is 25.0 Å². The molecule has 0 bridgehead atoms. The van der Waals surface area contributed by atoms with Crippen LogP contribution < -0.4 is 0 Å². The summed E-state index contributed by atoms with van der Waals surface area (Å²) < 4.78 is 100. The minimum absolute atomic E-state index is 0.0606. The zero-order chi connectivity index (χ0) is 22.6. The second-order valence-electron chi connectivity index (χ2n) is 6.98. The van der Waals surface area contributed by atoms with Gasteiger partial charge in [-0.1, -0.05) is 34.6 Å². The molecule has 4 nitrogen and oxygen atoms in total. The SMILES string of the molecule is O=S(=O)(OS1(c2ccc(O)c3ccccc23)CCCC1)c1c(F)c(F)c(F)c(F)c1F. The smallest absolute Gasteiger partial charge is 0.312 e. The van der Waals surface area contributed by atoms with Crippen LogP contribution in [0.1, 0.15) is 12.8 Å². The van der Waals surface area contributed by atoms with Gasteiger partial charge in [-0.2, -0.15) is 8.42 Å². The van der Waals surface area contributed by atoms with Gasteiger partial charge in [0.25, 0.3) is 0 Å². The van der Waals surface area contributed by atoms with Crippen LogP contribution in [0.4, 0.5) is 22.0 Å². The number of fused-ring (bicyclic) bond motifs is 1. The molecule has 0 spiro atoms. The van der Waals surface area contributed by atoms with Gasteiger partial charge >= 0.3 is 10.1 Å². The Morgan fingerprint density at radius 3 is 1.87 bits per heavy atom. The first-order valence-corrected chi connectivity index (χ1v) is 12.4. The van der Waals surface area contributed by atoms with Gasteiger partial charge < -0.3 is 5.11 Å². The van der Waals surface area contributed by atoms with Crippen LogP contribution in [0.5, 0.6) is 5.75 Å². The second kappa shape index (κ2) is 7.64. The number of phenols is 1. The van der Waals surface area contributed by atoms with Gasteiger partial charge in [0.1, 0.15) is 5.75 Å². The van der Waals surface area contributed by atoms with Gasteiger partial charge in [0.05, 0.1) is 0 Å². The van der Waals surface area contributed by atoms with Crippen LogP contribution in [0.25, 0.3) is 10.8 Å². The highest BCUT2D eigenvalue weighted by atomic mass is 32.3. The molecular formula is C20H15F5O4S2. The van der Waals surface area contributed by atoms with Gasteiger partial charge in [0, 0.05) is 21.8 Å². The molecule has 0 amide bonds. The average Bonchev–Trinajstić information content (AvgIpc) is 3.19. The fourth-order valence-corrected chi connectivity index (χ4v) is 9.67. The van der Waals surface area contributed by atoms with Crippen LogP contribution in [0.3, 0.4) is 0 Å². The molecule has 166 valence electrons. The molecule has 1 saturated heterocycles. The van der Waals surface area contributed by atoms with E-state index in [1.807, 2.05) is 0 Å². The largest absolute Gasteiger partial charge is 0.507 e. The van der Waals surface area contributed by atoms with Crippen molar-refractivity contribution in [3.05, 3.63) is 65.5 Å². The molecular weight excluding hydrogens is 463 g/mol. The summed E-state index contributed by atoms with van der Waals surface area (Å²) in [6.45, 7) is 0. The predicted octanol–water partition coefficient (Wildman–Crippen LogP) is 5.52. The molecule has 1 heterocycles. The Kier molecular flexibility index (Phi) is 5.39. The Morgan fingerprint density at radius 1 is 0.774 bits per heavy atom.